The number of fused-ring (bicyclic) bond motifs is 7. The molecule has 3 aromatic carbocycles. The highest BCUT2D eigenvalue weighted by atomic mass is 19.1. The lowest BCUT2D eigenvalue weighted by Crippen LogP contribution is -2.51. The largest absolute Gasteiger partial charge is 0.508 e. The molecule has 0 radical (unpaired) electrons. The molecule has 4 aliphatic rings. The van der Waals surface area contributed by atoms with Crippen molar-refractivity contribution < 1.29 is 23.4 Å². The van der Waals surface area contributed by atoms with Gasteiger partial charge in [-0.1, -0.05) is 24.1 Å². The predicted octanol–water partition coefficient (Wildman–Crippen LogP) is 5.43. The molecule has 10 nitrogen and oxygen atoms in total. The van der Waals surface area contributed by atoms with Gasteiger partial charge in [0.2, 0.25) is 0 Å². The molecule has 4 atom stereocenters. The highest BCUT2D eigenvalue weighted by Gasteiger charge is 2.51. The summed E-state index contributed by atoms with van der Waals surface area (Å²) < 4.78 is 46.5. The van der Waals surface area contributed by atoms with Gasteiger partial charge in [0.05, 0.1) is 23.1 Å². The number of ether oxygens (including phenoxy) is 2. The Morgan fingerprint density at radius 3 is 2.69 bits per heavy atom. The molecule has 2 N–H and O–H groups in total. The number of phenolic OH excluding ortho intramolecular Hbond substituents is 1. The third-order valence-electron chi connectivity index (χ3n) is 11.4. The molecule has 12 heteroatoms. The van der Waals surface area contributed by atoms with E-state index in [1.807, 2.05) is 6.20 Å². The Morgan fingerprint density at radius 2 is 1.92 bits per heavy atom. The molecule has 0 unspecified atom stereocenters. The van der Waals surface area contributed by atoms with Crippen molar-refractivity contribution in [3.63, 3.8) is 0 Å². The summed E-state index contributed by atoms with van der Waals surface area (Å²) in [5.74, 6) is 1.61. The molecule has 2 aromatic heterocycles. The number of methoxy groups -OCH3 is 1. The third-order valence-corrected chi connectivity index (χ3v) is 11.4. The molecule has 6 heterocycles. The van der Waals surface area contributed by atoms with Crippen molar-refractivity contribution in [2.24, 2.45) is 7.05 Å². The highest BCUT2D eigenvalue weighted by Crippen LogP contribution is 2.47. The molecule has 2 bridgehead atoms. The molecule has 4 saturated heterocycles. The van der Waals surface area contributed by atoms with Gasteiger partial charge in [-0.3, -0.25) is 9.58 Å². The maximum Gasteiger partial charge on any atom is 0.319 e. The van der Waals surface area contributed by atoms with Crippen LogP contribution in [0.4, 0.5) is 14.6 Å². The lowest BCUT2D eigenvalue weighted by Gasteiger charge is -2.35. The number of benzene rings is 3. The van der Waals surface area contributed by atoms with Crippen LogP contribution in [0, 0.1) is 24.0 Å². The Hall–Kier alpha value is -4.83. The lowest BCUT2D eigenvalue weighted by molar-refractivity contribution is 0.0522. The van der Waals surface area contributed by atoms with Crippen molar-refractivity contribution in [3.05, 3.63) is 59.8 Å². The van der Waals surface area contributed by atoms with E-state index in [-0.39, 0.29) is 57.6 Å². The quantitative estimate of drug-likeness (QED) is 0.171. The van der Waals surface area contributed by atoms with Gasteiger partial charge >= 0.3 is 6.01 Å². The number of piperazine rings is 1. The summed E-state index contributed by atoms with van der Waals surface area (Å²) >= 11 is 0. The average Bonchev–Trinajstić information content (AvgIpc) is 3.85. The van der Waals surface area contributed by atoms with Crippen molar-refractivity contribution in [3.8, 4) is 35.2 Å². The Kier molecular flexibility index (Phi) is 7.47. The number of aromatic hydroxyl groups is 1. The standard InChI is InChI=1S/C39H39F2N7O3/c1-5-27-30(40)9-6-22-12-26(49)13-28(31(22)27)32-34(41)36-33(29-18-46(3)45-35(29)32)37(47-16-23-7-8-24(17-47)42-23)44-38(43-36)51-20-39-11-10-25(19-50-4)48(39)15-21(2)14-39/h1,6,9,12-13,18,23-25,42,49H,2,7-8,10-11,14-17,19-20H2,3-4H3/t23-,24+,25-,39-/m0/s1. The molecular weight excluding hydrogens is 652 g/mol. The van der Waals surface area contributed by atoms with Gasteiger partial charge < -0.3 is 24.8 Å². The maximum atomic E-state index is 17.6. The second kappa shape index (κ2) is 11.9. The zero-order valence-electron chi connectivity index (χ0n) is 28.7. The minimum Gasteiger partial charge on any atom is -0.508 e. The topological polar surface area (TPSA) is 101 Å². The summed E-state index contributed by atoms with van der Waals surface area (Å²) in [6, 6.07) is 6.58. The SMILES string of the molecule is C#Cc1c(F)ccc2cc(O)cc(-c3c(F)c4nc(OC[C@@]56CC[C@@H](COC)N5CC(=C)C6)nc(N5C[C@H]6CC[C@@H](C5)N6)c4c4cn(C)nc34)c12. The number of aryl methyl sites for hydroxylation is 1. The van der Waals surface area contributed by atoms with E-state index in [1.165, 1.54) is 24.3 Å². The number of aromatic nitrogens is 4. The second-order valence-corrected chi connectivity index (χ2v) is 14.7. The van der Waals surface area contributed by atoms with Crippen LogP contribution in [-0.4, -0.2) is 93.4 Å². The van der Waals surface area contributed by atoms with Gasteiger partial charge in [0.25, 0.3) is 0 Å². The zero-order chi connectivity index (χ0) is 35.2. The molecular formula is C39H39F2N7O3. The highest BCUT2D eigenvalue weighted by molar-refractivity contribution is 6.18. The number of phenols is 1. The summed E-state index contributed by atoms with van der Waals surface area (Å²) in [6.07, 6.45) is 12.4. The van der Waals surface area contributed by atoms with Crippen LogP contribution < -0.4 is 15.0 Å². The second-order valence-electron chi connectivity index (χ2n) is 14.7. The number of hydrogen-bond acceptors (Lipinski definition) is 9. The fourth-order valence-corrected chi connectivity index (χ4v) is 9.33. The third kappa shape index (κ3) is 5.05. The molecule has 4 fully saturated rings. The van der Waals surface area contributed by atoms with Gasteiger partial charge in [0.1, 0.15) is 35.0 Å². The molecule has 51 heavy (non-hydrogen) atoms. The van der Waals surface area contributed by atoms with Crippen molar-refractivity contribution in [1.29, 1.82) is 0 Å². The zero-order valence-corrected chi connectivity index (χ0v) is 28.7. The van der Waals surface area contributed by atoms with E-state index in [4.69, 9.17) is 31.0 Å². The summed E-state index contributed by atoms with van der Waals surface area (Å²) in [7, 11) is 3.49. The van der Waals surface area contributed by atoms with Crippen LogP contribution in [0.2, 0.25) is 0 Å². The van der Waals surface area contributed by atoms with E-state index in [1.54, 1.807) is 18.8 Å². The van der Waals surface area contributed by atoms with Gasteiger partial charge in [-0.25, -0.2) is 8.78 Å². The lowest BCUT2D eigenvalue weighted by atomic mass is 9.91. The fraction of sp³-hybridized carbons (Fsp3) is 0.410. The van der Waals surface area contributed by atoms with Gasteiger partial charge in [-0.2, -0.15) is 15.1 Å². The molecule has 0 aliphatic carbocycles. The smallest absolute Gasteiger partial charge is 0.319 e. The monoisotopic (exact) mass is 691 g/mol. The first kappa shape index (κ1) is 32.1. The van der Waals surface area contributed by atoms with Gasteiger partial charge in [-0.15, -0.1) is 6.42 Å². The number of hydrogen-bond donors (Lipinski definition) is 2. The fourth-order valence-electron chi connectivity index (χ4n) is 9.33. The molecule has 0 amide bonds. The normalized spacial score (nSPS) is 24.6. The number of anilines is 1. The van der Waals surface area contributed by atoms with E-state index >= 15 is 8.78 Å². The van der Waals surface area contributed by atoms with Crippen LogP contribution in [0.25, 0.3) is 43.7 Å². The van der Waals surface area contributed by atoms with Gasteiger partial charge in [0.15, 0.2) is 5.82 Å². The molecule has 262 valence electrons. The van der Waals surface area contributed by atoms with Crippen LogP contribution in [0.15, 0.2) is 42.6 Å². The number of nitrogens with one attached hydrogen (secondary N) is 1. The summed E-state index contributed by atoms with van der Waals surface area (Å²) in [6.45, 7) is 7.42. The molecule has 9 rings (SSSR count). The molecule has 0 saturated carbocycles. The van der Waals surface area contributed by atoms with E-state index in [0.717, 1.165) is 44.2 Å². The Morgan fingerprint density at radius 1 is 1.12 bits per heavy atom. The number of terminal acetylenes is 1. The van der Waals surface area contributed by atoms with E-state index in [0.29, 0.717) is 59.2 Å². The number of halogens is 2. The van der Waals surface area contributed by atoms with Crippen LogP contribution >= 0.6 is 0 Å². The van der Waals surface area contributed by atoms with Crippen LogP contribution in [-0.2, 0) is 11.8 Å². The molecule has 0 spiro atoms. The summed E-state index contributed by atoms with van der Waals surface area (Å²) in [5.41, 5.74) is 1.50. The summed E-state index contributed by atoms with van der Waals surface area (Å²) in [5, 5.41) is 21.2. The minimum atomic E-state index is -0.683. The molecule has 5 aromatic rings. The Labute approximate surface area is 294 Å². The van der Waals surface area contributed by atoms with Crippen LogP contribution in [0.1, 0.15) is 37.7 Å². The Balaban J connectivity index is 1.26. The van der Waals surface area contributed by atoms with E-state index in [2.05, 4.69) is 27.6 Å². The average molecular weight is 692 g/mol. The molecule has 4 aliphatic heterocycles. The Bertz CT molecular complexity index is 2310. The van der Waals surface area contributed by atoms with Crippen molar-refractivity contribution in [1.82, 2.24) is 30.0 Å². The van der Waals surface area contributed by atoms with E-state index < -0.39 is 11.6 Å². The minimum absolute atomic E-state index is 0.0277. The van der Waals surface area contributed by atoms with Crippen LogP contribution in [0.3, 0.4) is 0 Å². The van der Waals surface area contributed by atoms with Crippen molar-refractivity contribution in [2.75, 3.05) is 44.9 Å². The predicted molar refractivity (Wildman–Crippen MR) is 192 cm³/mol. The van der Waals surface area contributed by atoms with Crippen LogP contribution in [0.5, 0.6) is 11.8 Å². The summed E-state index contributed by atoms with van der Waals surface area (Å²) in [4.78, 5) is 14.5. The van der Waals surface area contributed by atoms with Crippen molar-refractivity contribution >= 4 is 38.4 Å². The first-order valence-corrected chi connectivity index (χ1v) is 17.5. The first-order valence-electron chi connectivity index (χ1n) is 17.5. The first-order chi connectivity index (χ1) is 24.7. The van der Waals surface area contributed by atoms with E-state index in [9.17, 15) is 5.11 Å². The maximum absolute atomic E-state index is 17.6. The number of nitrogens with zero attached hydrogens (tertiary/aromatic N) is 6. The number of rotatable bonds is 7. The van der Waals surface area contributed by atoms with Crippen molar-refractivity contribution in [2.45, 2.75) is 55.8 Å². The van der Waals surface area contributed by atoms with Gasteiger partial charge in [0, 0.05) is 74.5 Å². The van der Waals surface area contributed by atoms with Gasteiger partial charge in [-0.05, 0) is 61.3 Å².